The second-order valence-electron chi connectivity index (χ2n) is 5.93. The molecule has 1 aliphatic heterocycles. The molecule has 0 bridgehead atoms. The van der Waals surface area contributed by atoms with E-state index < -0.39 is 0 Å². The Kier molecular flexibility index (Phi) is 5.73. The van der Waals surface area contributed by atoms with Crippen LogP contribution in [0.1, 0.15) is 27.6 Å². The third-order valence-electron chi connectivity index (χ3n) is 4.10. The normalized spacial score (nSPS) is 20.4. The molecule has 3 rings (SSSR count). The fourth-order valence-electron chi connectivity index (χ4n) is 2.75. The van der Waals surface area contributed by atoms with Gasteiger partial charge in [0.2, 0.25) is 5.91 Å². The molecule has 0 unspecified atom stereocenters. The molecule has 1 heterocycles. The Balaban J connectivity index is 1.75. The summed E-state index contributed by atoms with van der Waals surface area (Å²) in [6, 6.07) is 16.5. The Bertz CT molecular complexity index is 751. The fraction of sp³-hybridized carbons (Fsp3) is 0.263. The minimum Gasteiger partial charge on any atom is -0.351 e. The third kappa shape index (κ3) is 4.41. The van der Waals surface area contributed by atoms with Crippen LogP contribution < -0.4 is 16.4 Å². The van der Waals surface area contributed by atoms with Gasteiger partial charge in [-0.1, -0.05) is 30.3 Å². The van der Waals surface area contributed by atoms with E-state index in [1.807, 2.05) is 42.5 Å². The number of hydrogen-bond donors (Lipinski definition) is 3. The second kappa shape index (κ2) is 8.18. The summed E-state index contributed by atoms with van der Waals surface area (Å²) >= 11 is 1.61. The van der Waals surface area contributed by atoms with Gasteiger partial charge in [0.25, 0.3) is 5.91 Å². The van der Waals surface area contributed by atoms with Crippen molar-refractivity contribution in [1.29, 1.82) is 0 Å². The van der Waals surface area contributed by atoms with Crippen molar-refractivity contribution in [3.63, 3.8) is 0 Å². The zero-order valence-electron chi connectivity index (χ0n) is 13.8. The van der Waals surface area contributed by atoms with Crippen LogP contribution in [0.4, 0.5) is 5.69 Å². The molecule has 4 N–H and O–H groups in total. The molecule has 6 heteroatoms. The van der Waals surface area contributed by atoms with Crippen molar-refractivity contribution < 1.29 is 9.59 Å². The van der Waals surface area contributed by atoms with Gasteiger partial charge >= 0.3 is 0 Å². The molecular weight excluding hydrogens is 334 g/mol. The number of anilines is 1. The van der Waals surface area contributed by atoms with Gasteiger partial charge in [-0.2, -0.15) is 0 Å². The van der Waals surface area contributed by atoms with Crippen LogP contribution in [0.25, 0.3) is 0 Å². The molecule has 25 heavy (non-hydrogen) atoms. The summed E-state index contributed by atoms with van der Waals surface area (Å²) in [4.78, 5) is 24.8. The van der Waals surface area contributed by atoms with Crippen molar-refractivity contribution in [1.82, 2.24) is 5.32 Å². The number of thioether (sulfide) groups is 1. The van der Waals surface area contributed by atoms with Crippen molar-refractivity contribution in [2.45, 2.75) is 17.7 Å². The highest BCUT2D eigenvalue weighted by molar-refractivity contribution is 8.00. The molecule has 0 saturated carbocycles. The molecule has 2 atom stereocenters. The maximum absolute atomic E-state index is 12.5. The van der Waals surface area contributed by atoms with Crippen molar-refractivity contribution in [2.75, 3.05) is 17.6 Å². The average Bonchev–Trinajstić information content (AvgIpc) is 2.83. The first-order valence-corrected chi connectivity index (χ1v) is 9.30. The lowest BCUT2D eigenvalue weighted by atomic mass is 10.1. The van der Waals surface area contributed by atoms with Gasteiger partial charge in [0.1, 0.15) is 5.25 Å². The number of amides is 2. The van der Waals surface area contributed by atoms with Crippen LogP contribution in [-0.4, -0.2) is 30.2 Å². The Labute approximate surface area is 151 Å². The maximum Gasteiger partial charge on any atom is 0.255 e. The lowest BCUT2D eigenvalue weighted by molar-refractivity contribution is -0.121. The molecule has 2 aromatic rings. The van der Waals surface area contributed by atoms with Gasteiger partial charge in [0, 0.05) is 23.8 Å². The fourth-order valence-corrected chi connectivity index (χ4v) is 3.96. The molecule has 1 aliphatic rings. The quantitative estimate of drug-likeness (QED) is 0.787. The number of nitrogens with two attached hydrogens (primary N) is 1. The first-order valence-electron chi connectivity index (χ1n) is 8.26. The Morgan fingerprint density at radius 3 is 2.76 bits per heavy atom. The zero-order valence-corrected chi connectivity index (χ0v) is 14.6. The van der Waals surface area contributed by atoms with Gasteiger partial charge in [-0.3, -0.25) is 9.59 Å². The minimum atomic E-state index is -0.287. The summed E-state index contributed by atoms with van der Waals surface area (Å²) in [6.07, 6.45) is 0.869. The molecule has 2 aromatic carbocycles. The number of carbonyl (C=O) groups is 2. The maximum atomic E-state index is 12.5. The van der Waals surface area contributed by atoms with E-state index >= 15 is 0 Å². The predicted molar refractivity (Wildman–Crippen MR) is 102 cm³/mol. The largest absolute Gasteiger partial charge is 0.351 e. The lowest BCUT2D eigenvalue weighted by Crippen LogP contribution is -2.40. The Hall–Kier alpha value is -2.31. The standard InChI is InChI=1S/C19H21N3O2S/c20-12-16-9-10-25-17(19(24)22-16)14-7-4-8-15(11-14)21-18(23)13-5-2-1-3-6-13/h1-8,11,16-17H,9-10,12,20H2,(H,21,23)(H,22,24)/t16-,17+/m0/s1. The second-order valence-corrected chi connectivity index (χ2v) is 7.14. The predicted octanol–water partition coefficient (Wildman–Crippen LogP) is 2.56. The van der Waals surface area contributed by atoms with Gasteiger partial charge in [-0.15, -0.1) is 11.8 Å². The molecular formula is C19H21N3O2S. The molecule has 0 aliphatic carbocycles. The van der Waals surface area contributed by atoms with E-state index in [1.165, 1.54) is 0 Å². The van der Waals surface area contributed by atoms with Crippen LogP contribution in [0.15, 0.2) is 54.6 Å². The van der Waals surface area contributed by atoms with Gasteiger partial charge < -0.3 is 16.4 Å². The van der Waals surface area contributed by atoms with Crippen LogP contribution in [0, 0.1) is 0 Å². The summed E-state index contributed by atoms with van der Waals surface area (Å²) in [5.74, 6) is 0.676. The lowest BCUT2D eigenvalue weighted by Gasteiger charge is -2.16. The number of nitrogens with one attached hydrogen (secondary N) is 2. The number of carbonyl (C=O) groups excluding carboxylic acids is 2. The highest BCUT2D eigenvalue weighted by Gasteiger charge is 2.27. The first-order chi connectivity index (χ1) is 12.2. The number of benzene rings is 2. The number of rotatable bonds is 4. The Morgan fingerprint density at radius 1 is 1.20 bits per heavy atom. The smallest absolute Gasteiger partial charge is 0.255 e. The zero-order chi connectivity index (χ0) is 17.6. The Morgan fingerprint density at radius 2 is 2.00 bits per heavy atom. The van der Waals surface area contributed by atoms with Gasteiger partial charge in [-0.25, -0.2) is 0 Å². The molecule has 130 valence electrons. The van der Waals surface area contributed by atoms with Crippen LogP contribution in [-0.2, 0) is 4.79 Å². The van der Waals surface area contributed by atoms with E-state index in [1.54, 1.807) is 23.9 Å². The van der Waals surface area contributed by atoms with E-state index in [0.717, 1.165) is 17.7 Å². The summed E-state index contributed by atoms with van der Waals surface area (Å²) in [5, 5.41) is 5.59. The van der Waals surface area contributed by atoms with Crippen molar-refractivity contribution in [3.05, 3.63) is 65.7 Å². The summed E-state index contributed by atoms with van der Waals surface area (Å²) in [6.45, 7) is 0.451. The van der Waals surface area contributed by atoms with E-state index in [-0.39, 0.29) is 23.1 Å². The molecule has 0 aromatic heterocycles. The van der Waals surface area contributed by atoms with E-state index in [9.17, 15) is 9.59 Å². The van der Waals surface area contributed by atoms with E-state index in [2.05, 4.69) is 10.6 Å². The van der Waals surface area contributed by atoms with Gasteiger partial charge in [-0.05, 0) is 42.0 Å². The monoisotopic (exact) mass is 355 g/mol. The molecule has 5 nitrogen and oxygen atoms in total. The summed E-state index contributed by atoms with van der Waals surface area (Å²) in [7, 11) is 0. The summed E-state index contributed by atoms with van der Waals surface area (Å²) < 4.78 is 0. The number of hydrogen-bond acceptors (Lipinski definition) is 4. The molecule has 2 amide bonds. The minimum absolute atomic E-state index is 0.0236. The molecule has 1 saturated heterocycles. The molecule has 1 fully saturated rings. The SMILES string of the molecule is NC[C@@H]1CCS[C@H](c2cccc(NC(=O)c3ccccc3)c2)C(=O)N1. The molecule has 0 spiro atoms. The van der Waals surface area contributed by atoms with E-state index in [4.69, 9.17) is 5.73 Å². The van der Waals surface area contributed by atoms with Crippen LogP contribution in [0.2, 0.25) is 0 Å². The van der Waals surface area contributed by atoms with Gasteiger partial charge in [0.15, 0.2) is 0 Å². The van der Waals surface area contributed by atoms with E-state index in [0.29, 0.717) is 17.8 Å². The van der Waals surface area contributed by atoms with Crippen molar-refractivity contribution >= 4 is 29.3 Å². The molecule has 0 radical (unpaired) electrons. The highest BCUT2D eigenvalue weighted by atomic mass is 32.2. The summed E-state index contributed by atoms with van der Waals surface area (Å²) in [5.41, 5.74) is 7.84. The topological polar surface area (TPSA) is 84.2 Å². The van der Waals surface area contributed by atoms with Crippen LogP contribution in [0.5, 0.6) is 0 Å². The van der Waals surface area contributed by atoms with Crippen molar-refractivity contribution in [2.24, 2.45) is 5.73 Å². The third-order valence-corrected chi connectivity index (χ3v) is 5.39. The van der Waals surface area contributed by atoms with Gasteiger partial charge in [0.05, 0.1) is 0 Å². The van der Waals surface area contributed by atoms with Crippen molar-refractivity contribution in [3.8, 4) is 0 Å². The van der Waals surface area contributed by atoms with Crippen LogP contribution >= 0.6 is 11.8 Å². The average molecular weight is 355 g/mol. The first kappa shape index (κ1) is 17.5. The highest BCUT2D eigenvalue weighted by Crippen LogP contribution is 2.33. The van der Waals surface area contributed by atoms with Crippen LogP contribution in [0.3, 0.4) is 0 Å².